The van der Waals surface area contributed by atoms with Gasteiger partial charge in [0.05, 0.1) is 4.92 Å². The van der Waals surface area contributed by atoms with Gasteiger partial charge < -0.3 is 5.32 Å². The Bertz CT molecular complexity index is 597. The molecule has 0 saturated heterocycles. The minimum absolute atomic E-state index is 0.0916. The maximum absolute atomic E-state index is 11.0. The van der Waals surface area contributed by atoms with Crippen molar-refractivity contribution >= 4 is 23.0 Å². The zero-order valence-corrected chi connectivity index (χ0v) is 11.1. The first-order valence-corrected chi connectivity index (χ1v) is 6.18. The first kappa shape index (κ1) is 13.4. The number of rotatable bonds is 4. The van der Waals surface area contributed by atoms with E-state index in [0.717, 1.165) is 11.1 Å². The summed E-state index contributed by atoms with van der Waals surface area (Å²) in [6, 6.07) is 12.4. The molecule has 0 aliphatic rings. The first-order valence-electron chi connectivity index (χ1n) is 5.80. The number of hydrogen-bond acceptors (Lipinski definition) is 3. The molecule has 1 N–H and O–H groups in total. The second-order valence-electron chi connectivity index (χ2n) is 4.21. The summed E-state index contributed by atoms with van der Waals surface area (Å²) in [5.41, 5.74) is 2.52. The van der Waals surface area contributed by atoms with Crippen LogP contribution in [0.2, 0.25) is 5.02 Å². The van der Waals surface area contributed by atoms with Gasteiger partial charge in [-0.2, -0.15) is 0 Å². The number of halogens is 1. The Morgan fingerprint density at radius 2 is 1.89 bits per heavy atom. The SMILES string of the molecule is Cc1cccc([N+](=O)[O-])c1NCc1ccc(Cl)cc1. The van der Waals surface area contributed by atoms with Crippen LogP contribution >= 0.6 is 11.6 Å². The molecule has 0 radical (unpaired) electrons. The van der Waals surface area contributed by atoms with Gasteiger partial charge in [-0.15, -0.1) is 0 Å². The molecule has 0 aromatic heterocycles. The minimum Gasteiger partial charge on any atom is -0.375 e. The lowest BCUT2D eigenvalue weighted by atomic mass is 10.1. The van der Waals surface area contributed by atoms with E-state index in [9.17, 15) is 10.1 Å². The third kappa shape index (κ3) is 3.23. The lowest BCUT2D eigenvalue weighted by Gasteiger charge is -2.10. The highest BCUT2D eigenvalue weighted by Crippen LogP contribution is 2.28. The zero-order chi connectivity index (χ0) is 13.8. The molecule has 0 heterocycles. The maximum Gasteiger partial charge on any atom is 0.292 e. The second-order valence-corrected chi connectivity index (χ2v) is 4.64. The van der Waals surface area contributed by atoms with Gasteiger partial charge in [-0.3, -0.25) is 10.1 Å². The number of nitrogens with zero attached hydrogens (tertiary/aromatic N) is 1. The Hall–Kier alpha value is -2.07. The number of anilines is 1. The van der Waals surface area contributed by atoms with Crippen molar-refractivity contribution in [1.82, 2.24) is 0 Å². The van der Waals surface area contributed by atoms with E-state index in [1.54, 1.807) is 18.2 Å². The summed E-state index contributed by atoms with van der Waals surface area (Å²) in [6.07, 6.45) is 0. The fraction of sp³-hybridized carbons (Fsp3) is 0.143. The molecule has 0 atom stereocenters. The molecule has 98 valence electrons. The summed E-state index contributed by atoms with van der Waals surface area (Å²) in [5, 5.41) is 14.8. The van der Waals surface area contributed by atoms with Crippen LogP contribution in [0.5, 0.6) is 0 Å². The van der Waals surface area contributed by atoms with Crippen molar-refractivity contribution in [1.29, 1.82) is 0 Å². The van der Waals surface area contributed by atoms with Gasteiger partial charge in [0.15, 0.2) is 0 Å². The fourth-order valence-corrected chi connectivity index (χ4v) is 1.95. The third-order valence-electron chi connectivity index (χ3n) is 2.83. The number of para-hydroxylation sites is 1. The average Bonchev–Trinajstić information content (AvgIpc) is 2.39. The zero-order valence-electron chi connectivity index (χ0n) is 10.4. The molecule has 2 aromatic carbocycles. The Balaban J connectivity index is 2.19. The molecule has 0 saturated carbocycles. The maximum atomic E-state index is 11.0. The highest BCUT2D eigenvalue weighted by molar-refractivity contribution is 6.30. The molecule has 0 bridgehead atoms. The number of nitro benzene ring substituents is 1. The highest BCUT2D eigenvalue weighted by Gasteiger charge is 2.14. The Morgan fingerprint density at radius 3 is 2.53 bits per heavy atom. The predicted octanol–water partition coefficient (Wildman–Crippen LogP) is 4.17. The summed E-state index contributed by atoms with van der Waals surface area (Å²) < 4.78 is 0. The molecule has 19 heavy (non-hydrogen) atoms. The van der Waals surface area contributed by atoms with Crippen molar-refractivity contribution < 1.29 is 4.92 Å². The van der Waals surface area contributed by atoms with Gasteiger partial charge in [0.25, 0.3) is 5.69 Å². The highest BCUT2D eigenvalue weighted by atomic mass is 35.5. The van der Waals surface area contributed by atoms with Crippen LogP contribution in [0.4, 0.5) is 11.4 Å². The van der Waals surface area contributed by atoms with Gasteiger partial charge in [-0.1, -0.05) is 35.9 Å². The Morgan fingerprint density at radius 1 is 1.21 bits per heavy atom. The molecular formula is C14H13ClN2O2. The van der Waals surface area contributed by atoms with E-state index in [1.165, 1.54) is 6.07 Å². The van der Waals surface area contributed by atoms with Crippen molar-refractivity contribution in [2.45, 2.75) is 13.5 Å². The van der Waals surface area contributed by atoms with Crippen LogP contribution in [0.1, 0.15) is 11.1 Å². The molecule has 0 aliphatic carbocycles. The van der Waals surface area contributed by atoms with Crippen LogP contribution in [0.25, 0.3) is 0 Å². The van der Waals surface area contributed by atoms with Crippen LogP contribution in [0, 0.1) is 17.0 Å². The van der Waals surface area contributed by atoms with Crippen molar-refractivity contribution in [2.75, 3.05) is 5.32 Å². The van der Waals surface area contributed by atoms with Crippen molar-refractivity contribution in [3.8, 4) is 0 Å². The number of nitro groups is 1. The largest absolute Gasteiger partial charge is 0.375 e. The monoisotopic (exact) mass is 276 g/mol. The molecule has 5 heteroatoms. The molecule has 4 nitrogen and oxygen atoms in total. The third-order valence-corrected chi connectivity index (χ3v) is 3.08. The number of hydrogen-bond donors (Lipinski definition) is 1. The van der Waals surface area contributed by atoms with Gasteiger partial charge in [0, 0.05) is 17.6 Å². The smallest absolute Gasteiger partial charge is 0.292 e. The molecular weight excluding hydrogens is 264 g/mol. The Kier molecular flexibility index (Phi) is 4.02. The first-order chi connectivity index (χ1) is 9.08. The Labute approximate surface area is 116 Å². The quantitative estimate of drug-likeness (QED) is 0.673. The molecule has 2 aromatic rings. The minimum atomic E-state index is -0.378. The summed E-state index contributed by atoms with van der Waals surface area (Å²) in [4.78, 5) is 10.6. The van der Waals surface area contributed by atoms with Crippen LogP contribution < -0.4 is 5.32 Å². The van der Waals surface area contributed by atoms with Crippen LogP contribution in [-0.4, -0.2) is 4.92 Å². The number of aryl methyl sites for hydroxylation is 1. The molecule has 0 amide bonds. The predicted molar refractivity (Wildman–Crippen MR) is 76.6 cm³/mol. The molecule has 0 spiro atoms. The number of benzene rings is 2. The normalized spacial score (nSPS) is 10.2. The van der Waals surface area contributed by atoms with Gasteiger partial charge in [-0.25, -0.2) is 0 Å². The average molecular weight is 277 g/mol. The topological polar surface area (TPSA) is 55.2 Å². The molecule has 2 rings (SSSR count). The van der Waals surface area contributed by atoms with E-state index >= 15 is 0 Å². The second kappa shape index (κ2) is 5.71. The van der Waals surface area contributed by atoms with Gasteiger partial charge in [-0.05, 0) is 30.2 Å². The molecule has 0 aliphatic heterocycles. The van der Waals surface area contributed by atoms with Crippen molar-refractivity contribution in [3.63, 3.8) is 0 Å². The van der Waals surface area contributed by atoms with E-state index in [-0.39, 0.29) is 10.6 Å². The lowest BCUT2D eigenvalue weighted by Crippen LogP contribution is -2.04. The lowest BCUT2D eigenvalue weighted by molar-refractivity contribution is -0.384. The van der Waals surface area contributed by atoms with Crippen LogP contribution in [-0.2, 0) is 6.54 Å². The van der Waals surface area contributed by atoms with Crippen LogP contribution in [0.3, 0.4) is 0 Å². The van der Waals surface area contributed by atoms with Crippen molar-refractivity contribution in [3.05, 3.63) is 68.7 Å². The van der Waals surface area contributed by atoms with Gasteiger partial charge in [0.2, 0.25) is 0 Å². The fourth-order valence-electron chi connectivity index (χ4n) is 1.83. The van der Waals surface area contributed by atoms with E-state index < -0.39 is 0 Å². The van der Waals surface area contributed by atoms with E-state index in [2.05, 4.69) is 5.32 Å². The van der Waals surface area contributed by atoms with E-state index in [1.807, 2.05) is 25.1 Å². The van der Waals surface area contributed by atoms with Gasteiger partial charge in [0.1, 0.15) is 5.69 Å². The summed E-state index contributed by atoms with van der Waals surface area (Å²) in [5.74, 6) is 0. The van der Waals surface area contributed by atoms with Crippen molar-refractivity contribution in [2.24, 2.45) is 0 Å². The molecule has 0 fully saturated rings. The standard InChI is InChI=1S/C14H13ClN2O2/c1-10-3-2-4-13(17(18)19)14(10)16-9-11-5-7-12(15)8-6-11/h2-8,16H,9H2,1H3. The van der Waals surface area contributed by atoms with Gasteiger partial charge >= 0.3 is 0 Å². The number of nitrogens with one attached hydrogen (secondary N) is 1. The summed E-state index contributed by atoms with van der Waals surface area (Å²) in [7, 11) is 0. The molecule has 0 unspecified atom stereocenters. The van der Waals surface area contributed by atoms with E-state index in [0.29, 0.717) is 17.3 Å². The summed E-state index contributed by atoms with van der Waals surface area (Å²) in [6.45, 7) is 2.36. The van der Waals surface area contributed by atoms with E-state index in [4.69, 9.17) is 11.6 Å². The van der Waals surface area contributed by atoms with Crippen LogP contribution in [0.15, 0.2) is 42.5 Å². The summed E-state index contributed by atoms with van der Waals surface area (Å²) >= 11 is 5.81.